The number of aliphatic carboxylic acids is 1. The van der Waals surface area contributed by atoms with E-state index < -0.39 is 12.0 Å². The van der Waals surface area contributed by atoms with Crippen LogP contribution in [0.4, 0.5) is 0 Å². The van der Waals surface area contributed by atoms with Crippen molar-refractivity contribution < 1.29 is 9.90 Å². The maximum Gasteiger partial charge on any atom is 0.320 e. The predicted octanol–water partition coefficient (Wildman–Crippen LogP) is 1.63. The Morgan fingerprint density at radius 3 is 2.44 bits per heavy atom. The molecule has 0 bridgehead atoms. The lowest BCUT2D eigenvalue weighted by Crippen LogP contribution is -2.37. The molecule has 0 unspecified atom stereocenters. The number of nitrogens with one attached hydrogen (secondary N) is 1. The van der Waals surface area contributed by atoms with Crippen LogP contribution in [0.15, 0.2) is 12.4 Å². The Bertz CT molecular complexity index is 376. The zero-order valence-corrected chi connectivity index (χ0v) is 11.2. The van der Waals surface area contributed by atoms with E-state index in [1.165, 1.54) is 0 Å². The second kappa shape index (κ2) is 7.06. The first-order valence-corrected chi connectivity index (χ1v) is 6.29. The number of hydrogen-bond donors (Lipinski definition) is 2. The number of hydrogen-bond acceptors (Lipinski definition) is 4. The molecule has 0 aliphatic rings. The van der Waals surface area contributed by atoms with Gasteiger partial charge in [0.25, 0.3) is 0 Å². The van der Waals surface area contributed by atoms with E-state index >= 15 is 0 Å². The van der Waals surface area contributed by atoms with E-state index in [4.69, 9.17) is 5.11 Å². The highest BCUT2D eigenvalue weighted by molar-refractivity contribution is 5.73. The molecule has 0 aliphatic carbocycles. The lowest BCUT2D eigenvalue weighted by Gasteiger charge is -2.16. The summed E-state index contributed by atoms with van der Waals surface area (Å²) in [7, 11) is 0. The largest absolute Gasteiger partial charge is 0.480 e. The maximum absolute atomic E-state index is 11.1. The second-order valence-corrected chi connectivity index (χ2v) is 4.76. The molecule has 1 heterocycles. The Kier molecular flexibility index (Phi) is 5.71. The van der Waals surface area contributed by atoms with Crippen LogP contribution in [0.5, 0.6) is 0 Å². The quantitative estimate of drug-likeness (QED) is 0.770. The molecular formula is C13H21N3O2. The first-order valence-electron chi connectivity index (χ1n) is 6.29. The van der Waals surface area contributed by atoms with Crippen LogP contribution in [0.25, 0.3) is 0 Å². The minimum absolute atomic E-state index is 0.345. The van der Waals surface area contributed by atoms with Gasteiger partial charge in [-0.05, 0) is 12.3 Å². The number of aryl methyl sites for hydroxylation is 1. The van der Waals surface area contributed by atoms with E-state index in [2.05, 4.69) is 15.3 Å². The minimum Gasteiger partial charge on any atom is -0.480 e. The maximum atomic E-state index is 11.1. The van der Waals surface area contributed by atoms with E-state index in [0.29, 0.717) is 18.9 Å². The summed E-state index contributed by atoms with van der Waals surface area (Å²) in [5.41, 5.74) is 0.905. The zero-order valence-electron chi connectivity index (χ0n) is 11.2. The molecule has 100 valence electrons. The van der Waals surface area contributed by atoms with E-state index in [-0.39, 0.29) is 0 Å². The van der Waals surface area contributed by atoms with Crippen LogP contribution >= 0.6 is 0 Å². The molecule has 1 aromatic rings. The van der Waals surface area contributed by atoms with Gasteiger partial charge < -0.3 is 10.4 Å². The van der Waals surface area contributed by atoms with Crippen LogP contribution in [-0.4, -0.2) is 27.1 Å². The molecule has 18 heavy (non-hydrogen) atoms. The number of aromatic nitrogens is 2. The molecule has 1 aromatic heterocycles. The summed E-state index contributed by atoms with van der Waals surface area (Å²) in [6.45, 7) is 6.50. The van der Waals surface area contributed by atoms with Gasteiger partial charge in [-0.3, -0.25) is 4.79 Å². The van der Waals surface area contributed by atoms with Crippen molar-refractivity contribution in [2.45, 2.75) is 46.2 Å². The Morgan fingerprint density at radius 1 is 1.39 bits per heavy atom. The molecule has 0 radical (unpaired) electrons. The molecule has 0 saturated heterocycles. The first-order chi connectivity index (χ1) is 8.52. The van der Waals surface area contributed by atoms with E-state index in [1.807, 2.05) is 20.8 Å². The van der Waals surface area contributed by atoms with Crippen LogP contribution in [0, 0.1) is 5.92 Å². The summed E-state index contributed by atoms with van der Waals surface area (Å²) < 4.78 is 0. The van der Waals surface area contributed by atoms with Crippen molar-refractivity contribution in [3.63, 3.8) is 0 Å². The van der Waals surface area contributed by atoms with Gasteiger partial charge in [0.2, 0.25) is 0 Å². The molecule has 1 rings (SSSR count). The Labute approximate surface area is 108 Å². The van der Waals surface area contributed by atoms with Gasteiger partial charge in [0.05, 0.1) is 0 Å². The Hall–Kier alpha value is -1.49. The van der Waals surface area contributed by atoms with Crippen LogP contribution in [-0.2, 0) is 17.8 Å². The summed E-state index contributed by atoms with van der Waals surface area (Å²) >= 11 is 0. The van der Waals surface area contributed by atoms with Gasteiger partial charge in [-0.1, -0.05) is 20.8 Å². The van der Waals surface area contributed by atoms with Crippen molar-refractivity contribution in [3.05, 3.63) is 23.8 Å². The number of carboxylic acids is 1. The highest BCUT2D eigenvalue weighted by atomic mass is 16.4. The lowest BCUT2D eigenvalue weighted by molar-refractivity contribution is -0.140. The van der Waals surface area contributed by atoms with E-state index in [0.717, 1.165) is 17.8 Å². The van der Waals surface area contributed by atoms with Gasteiger partial charge in [0.1, 0.15) is 11.9 Å². The SMILES string of the molecule is CCc1ncc(CN[C@@H](CC(C)C)C(=O)O)cn1. The average molecular weight is 251 g/mol. The highest BCUT2D eigenvalue weighted by Gasteiger charge is 2.17. The average Bonchev–Trinajstić information content (AvgIpc) is 2.34. The standard InChI is InChI=1S/C13H21N3O2/c1-4-12-15-7-10(8-16-12)6-14-11(13(17)18)5-9(2)3/h7-9,11,14H,4-6H2,1-3H3,(H,17,18)/t11-/m0/s1. The normalized spacial score (nSPS) is 12.7. The van der Waals surface area contributed by atoms with Crippen molar-refractivity contribution in [3.8, 4) is 0 Å². The fourth-order valence-corrected chi connectivity index (χ4v) is 1.64. The highest BCUT2D eigenvalue weighted by Crippen LogP contribution is 2.06. The van der Waals surface area contributed by atoms with Gasteiger partial charge >= 0.3 is 5.97 Å². The van der Waals surface area contributed by atoms with Crippen LogP contribution in [0.2, 0.25) is 0 Å². The van der Waals surface area contributed by atoms with Crippen molar-refractivity contribution in [1.29, 1.82) is 0 Å². The van der Waals surface area contributed by atoms with Crippen LogP contribution < -0.4 is 5.32 Å². The van der Waals surface area contributed by atoms with Crippen LogP contribution in [0.1, 0.15) is 38.6 Å². The molecule has 0 aliphatic heterocycles. The molecule has 0 saturated carbocycles. The smallest absolute Gasteiger partial charge is 0.320 e. The molecule has 0 aromatic carbocycles. The zero-order chi connectivity index (χ0) is 13.5. The van der Waals surface area contributed by atoms with Gasteiger partial charge in [-0.2, -0.15) is 0 Å². The lowest BCUT2D eigenvalue weighted by atomic mass is 10.0. The summed E-state index contributed by atoms with van der Waals surface area (Å²) in [4.78, 5) is 19.4. The minimum atomic E-state index is -0.810. The van der Waals surface area contributed by atoms with Crippen molar-refractivity contribution in [2.24, 2.45) is 5.92 Å². The predicted molar refractivity (Wildman–Crippen MR) is 69.1 cm³/mol. The van der Waals surface area contributed by atoms with Gasteiger partial charge in [-0.25, -0.2) is 9.97 Å². The molecule has 5 heteroatoms. The third-order valence-electron chi connectivity index (χ3n) is 2.63. The van der Waals surface area contributed by atoms with Crippen molar-refractivity contribution >= 4 is 5.97 Å². The van der Waals surface area contributed by atoms with Crippen molar-refractivity contribution in [2.75, 3.05) is 0 Å². The van der Waals surface area contributed by atoms with Crippen molar-refractivity contribution in [1.82, 2.24) is 15.3 Å². The first kappa shape index (κ1) is 14.6. The molecule has 0 fully saturated rings. The van der Waals surface area contributed by atoms with E-state index in [9.17, 15) is 4.79 Å². The fourth-order valence-electron chi connectivity index (χ4n) is 1.64. The molecular weight excluding hydrogens is 230 g/mol. The Balaban J connectivity index is 2.52. The second-order valence-electron chi connectivity index (χ2n) is 4.76. The number of nitrogens with zero attached hydrogens (tertiary/aromatic N) is 2. The summed E-state index contributed by atoms with van der Waals surface area (Å²) in [5.74, 6) is 0.336. The molecule has 0 amide bonds. The molecule has 5 nitrogen and oxygen atoms in total. The monoisotopic (exact) mass is 251 g/mol. The molecule has 2 N–H and O–H groups in total. The molecule has 0 spiro atoms. The third-order valence-corrected chi connectivity index (χ3v) is 2.63. The Morgan fingerprint density at radius 2 is 2.00 bits per heavy atom. The number of rotatable bonds is 7. The summed E-state index contributed by atoms with van der Waals surface area (Å²) in [6, 6.07) is -0.518. The van der Waals surface area contributed by atoms with Gasteiger partial charge in [0.15, 0.2) is 0 Å². The van der Waals surface area contributed by atoms with Crippen LogP contribution in [0.3, 0.4) is 0 Å². The third kappa shape index (κ3) is 4.79. The summed E-state index contributed by atoms with van der Waals surface area (Å²) in [5, 5.41) is 12.1. The fraction of sp³-hybridized carbons (Fsp3) is 0.615. The van der Waals surface area contributed by atoms with Gasteiger partial charge in [-0.15, -0.1) is 0 Å². The number of carboxylic acid groups (broad SMARTS) is 1. The topological polar surface area (TPSA) is 75.1 Å². The molecule has 1 atom stereocenters. The van der Waals surface area contributed by atoms with E-state index in [1.54, 1.807) is 12.4 Å². The summed E-state index contributed by atoms with van der Waals surface area (Å²) in [6.07, 6.45) is 4.91. The van der Waals surface area contributed by atoms with Gasteiger partial charge in [0, 0.05) is 30.9 Å². The number of carbonyl (C=O) groups is 1.